The van der Waals surface area contributed by atoms with E-state index in [-0.39, 0.29) is 0 Å². The number of hydrogen-bond donors (Lipinski definition) is 1. The zero-order valence-electron chi connectivity index (χ0n) is 8.86. The maximum Gasteiger partial charge on any atom is 0.137 e. The summed E-state index contributed by atoms with van der Waals surface area (Å²) in [7, 11) is 0. The van der Waals surface area contributed by atoms with Crippen LogP contribution < -0.4 is 10.5 Å². The number of aromatic nitrogens is 1. The van der Waals surface area contributed by atoms with E-state index in [9.17, 15) is 0 Å². The maximum absolute atomic E-state index is 5.51. The molecule has 0 aromatic carbocycles. The molecule has 0 unspecified atom stereocenters. The third-order valence-electron chi connectivity index (χ3n) is 1.78. The minimum atomic E-state index is 0.540. The van der Waals surface area contributed by atoms with Gasteiger partial charge in [-0.3, -0.25) is 4.98 Å². The highest BCUT2D eigenvalue weighted by Crippen LogP contribution is 2.10. The lowest BCUT2D eigenvalue weighted by atomic mass is 10.2. The summed E-state index contributed by atoms with van der Waals surface area (Å²) in [5.74, 6) is 1.37. The summed E-state index contributed by atoms with van der Waals surface area (Å²) in [5, 5.41) is 0. The Hall–Kier alpha value is -1.09. The van der Waals surface area contributed by atoms with Gasteiger partial charge in [0.2, 0.25) is 0 Å². The molecule has 3 heteroatoms. The first kappa shape index (κ1) is 11.0. The first-order chi connectivity index (χ1) is 6.72. The van der Waals surface area contributed by atoms with Gasteiger partial charge in [0, 0.05) is 12.1 Å². The normalized spacial score (nSPS) is 10.6. The van der Waals surface area contributed by atoms with Crippen LogP contribution in [0.4, 0.5) is 0 Å². The van der Waals surface area contributed by atoms with Gasteiger partial charge in [0.25, 0.3) is 0 Å². The van der Waals surface area contributed by atoms with Crippen molar-refractivity contribution in [3.05, 3.63) is 24.0 Å². The lowest BCUT2D eigenvalue weighted by molar-refractivity contribution is 0.270. The van der Waals surface area contributed by atoms with Crippen molar-refractivity contribution >= 4 is 0 Å². The maximum atomic E-state index is 5.51. The zero-order valence-corrected chi connectivity index (χ0v) is 8.86. The van der Waals surface area contributed by atoms with Gasteiger partial charge >= 0.3 is 0 Å². The van der Waals surface area contributed by atoms with Gasteiger partial charge < -0.3 is 10.5 Å². The van der Waals surface area contributed by atoms with Gasteiger partial charge in [-0.15, -0.1) is 0 Å². The Morgan fingerprint density at radius 2 is 2.21 bits per heavy atom. The Morgan fingerprint density at radius 3 is 2.71 bits per heavy atom. The summed E-state index contributed by atoms with van der Waals surface area (Å²) in [4.78, 5) is 4.24. The molecule has 0 radical (unpaired) electrons. The molecule has 1 aromatic rings. The fraction of sp³-hybridized carbons (Fsp3) is 0.545. The van der Waals surface area contributed by atoms with Crippen LogP contribution in [0.3, 0.4) is 0 Å². The number of pyridine rings is 1. The van der Waals surface area contributed by atoms with E-state index in [1.54, 1.807) is 6.20 Å². The summed E-state index contributed by atoms with van der Waals surface area (Å²) in [5.41, 5.74) is 6.44. The summed E-state index contributed by atoms with van der Waals surface area (Å²) < 4.78 is 5.51. The number of rotatable bonds is 5. The molecule has 0 bridgehead atoms. The highest BCUT2D eigenvalue weighted by Gasteiger charge is 1.98. The van der Waals surface area contributed by atoms with Crippen LogP contribution in [-0.4, -0.2) is 18.1 Å². The van der Waals surface area contributed by atoms with E-state index in [2.05, 4.69) is 18.8 Å². The predicted octanol–water partition coefficient (Wildman–Crippen LogP) is 1.62. The van der Waals surface area contributed by atoms with Crippen molar-refractivity contribution in [2.24, 2.45) is 11.7 Å². The molecule has 14 heavy (non-hydrogen) atoms. The zero-order chi connectivity index (χ0) is 10.4. The minimum absolute atomic E-state index is 0.540. The lowest BCUT2D eigenvalue weighted by Gasteiger charge is -2.08. The molecule has 0 saturated carbocycles. The average Bonchev–Trinajstić information content (AvgIpc) is 2.17. The van der Waals surface area contributed by atoms with Crippen LogP contribution in [-0.2, 0) is 6.42 Å². The van der Waals surface area contributed by atoms with Gasteiger partial charge in [-0.2, -0.15) is 0 Å². The number of hydrogen-bond acceptors (Lipinski definition) is 3. The quantitative estimate of drug-likeness (QED) is 0.774. The smallest absolute Gasteiger partial charge is 0.137 e. The fourth-order valence-electron chi connectivity index (χ4n) is 1.05. The van der Waals surface area contributed by atoms with Crippen molar-refractivity contribution in [2.75, 3.05) is 13.2 Å². The van der Waals surface area contributed by atoms with E-state index in [4.69, 9.17) is 10.5 Å². The Balaban J connectivity index is 2.46. The number of nitrogens with zero attached hydrogens (tertiary/aromatic N) is 1. The first-order valence-corrected chi connectivity index (χ1v) is 5.00. The van der Waals surface area contributed by atoms with Crippen LogP contribution in [0, 0.1) is 5.92 Å². The molecule has 0 aliphatic heterocycles. The van der Waals surface area contributed by atoms with Gasteiger partial charge in [0.1, 0.15) is 5.75 Å². The molecule has 0 amide bonds. The molecule has 0 spiro atoms. The summed E-state index contributed by atoms with van der Waals surface area (Å²) >= 11 is 0. The highest BCUT2D eigenvalue weighted by molar-refractivity contribution is 5.19. The standard InChI is InChI=1S/C11H18N2O/c1-9(2)8-14-11-4-3-10(5-6-12)13-7-11/h3-4,7,9H,5-6,8,12H2,1-2H3. The number of ether oxygens (including phenoxy) is 1. The van der Waals surface area contributed by atoms with Crippen molar-refractivity contribution in [1.82, 2.24) is 4.98 Å². The Kier molecular flexibility index (Phi) is 4.40. The predicted molar refractivity (Wildman–Crippen MR) is 57.3 cm³/mol. The Morgan fingerprint density at radius 1 is 1.43 bits per heavy atom. The van der Waals surface area contributed by atoms with Crippen molar-refractivity contribution < 1.29 is 4.74 Å². The topological polar surface area (TPSA) is 48.1 Å². The van der Waals surface area contributed by atoms with Crippen molar-refractivity contribution in [3.8, 4) is 5.75 Å². The van der Waals surface area contributed by atoms with Gasteiger partial charge in [0.05, 0.1) is 12.8 Å². The van der Waals surface area contributed by atoms with Gasteiger partial charge in [-0.05, 0) is 24.6 Å². The molecule has 0 aliphatic carbocycles. The summed E-state index contributed by atoms with van der Waals surface area (Å²) in [6.45, 7) is 5.61. The summed E-state index contributed by atoms with van der Waals surface area (Å²) in [6, 6.07) is 3.91. The van der Waals surface area contributed by atoms with Crippen LogP contribution in [0.2, 0.25) is 0 Å². The van der Waals surface area contributed by atoms with Crippen LogP contribution in [0.15, 0.2) is 18.3 Å². The van der Waals surface area contributed by atoms with E-state index in [1.807, 2.05) is 12.1 Å². The van der Waals surface area contributed by atoms with E-state index < -0.39 is 0 Å². The second kappa shape index (κ2) is 5.60. The minimum Gasteiger partial charge on any atom is -0.492 e. The summed E-state index contributed by atoms with van der Waals surface area (Å²) in [6.07, 6.45) is 2.58. The fourth-order valence-corrected chi connectivity index (χ4v) is 1.05. The molecule has 2 N–H and O–H groups in total. The molecular weight excluding hydrogens is 176 g/mol. The molecule has 1 aromatic heterocycles. The third-order valence-corrected chi connectivity index (χ3v) is 1.78. The van der Waals surface area contributed by atoms with E-state index in [0.717, 1.165) is 24.5 Å². The first-order valence-electron chi connectivity index (χ1n) is 5.00. The van der Waals surface area contributed by atoms with Crippen LogP contribution in [0.5, 0.6) is 5.75 Å². The van der Waals surface area contributed by atoms with Crippen LogP contribution in [0.25, 0.3) is 0 Å². The van der Waals surface area contributed by atoms with Crippen LogP contribution >= 0.6 is 0 Å². The highest BCUT2D eigenvalue weighted by atomic mass is 16.5. The number of nitrogens with two attached hydrogens (primary N) is 1. The monoisotopic (exact) mass is 194 g/mol. The van der Waals surface area contributed by atoms with Gasteiger partial charge in [0.15, 0.2) is 0 Å². The van der Waals surface area contributed by atoms with Crippen molar-refractivity contribution in [1.29, 1.82) is 0 Å². The Bertz CT molecular complexity index is 256. The van der Waals surface area contributed by atoms with Gasteiger partial charge in [-0.1, -0.05) is 13.8 Å². The SMILES string of the molecule is CC(C)COc1ccc(CCN)nc1. The molecule has 0 aliphatic rings. The third kappa shape index (κ3) is 3.75. The van der Waals surface area contributed by atoms with E-state index in [0.29, 0.717) is 12.5 Å². The Labute approximate surface area is 85.3 Å². The molecule has 0 atom stereocenters. The van der Waals surface area contributed by atoms with E-state index in [1.165, 1.54) is 0 Å². The lowest BCUT2D eigenvalue weighted by Crippen LogP contribution is -2.06. The molecule has 0 fully saturated rings. The van der Waals surface area contributed by atoms with E-state index >= 15 is 0 Å². The molecule has 1 heterocycles. The molecular formula is C11H18N2O. The van der Waals surface area contributed by atoms with Crippen molar-refractivity contribution in [2.45, 2.75) is 20.3 Å². The van der Waals surface area contributed by atoms with Crippen molar-refractivity contribution in [3.63, 3.8) is 0 Å². The van der Waals surface area contributed by atoms with Gasteiger partial charge in [-0.25, -0.2) is 0 Å². The molecule has 3 nitrogen and oxygen atoms in total. The second-order valence-corrected chi connectivity index (χ2v) is 3.73. The molecule has 0 saturated heterocycles. The molecule has 78 valence electrons. The largest absolute Gasteiger partial charge is 0.492 e. The second-order valence-electron chi connectivity index (χ2n) is 3.73. The van der Waals surface area contributed by atoms with Crippen LogP contribution in [0.1, 0.15) is 19.5 Å². The average molecular weight is 194 g/mol. The molecule has 1 rings (SSSR count).